The summed E-state index contributed by atoms with van der Waals surface area (Å²) in [6.45, 7) is 9.94. The van der Waals surface area contributed by atoms with Crippen molar-refractivity contribution in [3.63, 3.8) is 0 Å². The van der Waals surface area contributed by atoms with Gasteiger partial charge in [-0.15, -0.1) is 6.42 Å². The van der Waals surface area contributed by atoms with E-state index in [9.17, 15) is 0 Å². The number of terminal acetylenes is 1. The highest BCUT2D eigenvalue weighted by molar-refractivity contribution is 4.93. The van der Waals surface area contributed by atoms with Gasteiger partial charge < -0.3 is 5.32 Å². The van der Waals surface area contributed by atoms with E-state index in [2.05, 4.69) is 30.0 Å². The third-order valence-corrected chi connectivity index (χ3v) is 3.50. The summed E-state index contributed by atoms with van der Waals surface area (Å²) in [6, 6.07) is 0. The van der Waals surface area contributed by atoms with Crippen molar-refractivity contribution in [1.82, 2.24) is 10.2 Å². The van der Waals surface area contributed by atoms with Gasteiger partial charge in [-0.05, 0) is 37.8 Å². The molecule has 1 atom stereocenters. The molecule has 1 rings (SSSR count). The first kappa shape index (κ1) is 12.5. The van der Waals surface area contributed by atoms with Crippen molar-refractivity contribution in [2.75, 3.05) is 32.7 Å². The van der Waals surface area contributed by atoms with E-state index in [1.165, 1.54) is 25.8 Å². The van der Waals surface area contributed by atoms with Crippen LogP contribution in [0.1, 0.15) is 33.1 Å². The van der Waals surface area contributed by atoms with E-state index in [1.54, 1.807) is 0 Å². The smallest absolute Gasteiger partial charge is 0.0599 e. The lowest BCUT2D eigenvalue weighted by atomic mass is 9.83. The standard InChI is InChI=1S/C13H24N2/c1-4-9-15(10-5-2)12-13(6-3)7-8-14-11-13/h1,14H,5-12H2,2-3H3. The quantitative estimate of drug-likeness (QED) is 0.669. The van der Waals surface area contributed by atoms with Crippen LogP contribution in [0.5, 0.6) is 0 Å². The van der Waals surface area contributed by atoms with Crippen molar-refractivity contribution in [2.45, 2.75) is 33.1 Å². The third-order valence-electron chi connectivity index (χ3n) is 3.50. The lowest BCUT2D eigenvalue weighted by molar-refractivity contribution is 0.173. The molecule has 0 saturated carbocycles. The predicted octanol–water partition coefficient (Wildman–Crippen LogP) is 1.72. The first-order chi connectivity index (χ1) is 7.26. The van der Waals surface area contributed by atoms with E-state index >= 15 is 0 Å². The van der Waals surface area contributed by atoms with Gasteiger partial charge in [-0.1, -0.05) is 19.8 Å². The molecule has 0 aromatic heterocycles. The molecule has 0 aromatic carbocycles. The SMILES string of the molecule is C#CCN(CCC)CC1(CC)CCNC1. The first-order valence-corrected chi connectivity index (χ1v) is 6.13. The van der Waals surface area contributed by atoms with Gasteiger partial charge in [0.05, 0.1) is 6.54 Å². The van der Waals surface area contributed by atoms with Gasteiger partial charge in [-0.25, -0.2) is 0 Å². The van der Waals surface area contributed by atoms with Crippen LogP contribution in [-0.4, -0.2) is 37.6 Å². The van der Waals surface area contributed by atoms with Crippen LogP contribution < -0.4 is 5.32 Å². The topological polar surface area (TPSA) is 15.3 Å². The molecule has 0 radical (unpaired) electrons. The molecule has 1 saturated heterocycles. The molecule has 0 aromatic rings. The summed E-state index contributed by atoms with van der Waals surface area (Å²) >= 11 is 0. The Morgan fingerprint density at radius 2 is 2.27 bits per heavy atom. The van der Waals surface area contributed by atoms with Crippen LogP contribution in [0.4, 0.5) is 0 Å². The summed E-state index contributed by atoms with van der Waals surface area (Å²) in [7, 11) is 0. The fourth-order valence-electron chi connectivity index (χ4n) is 2.48. The predicted molar refractivity (Wildman–Crippen MR) is 65.8 cm³/mol. The Morgan fingerprint density at radius 3 is 2.73 bits per heavy atom. The molecule has 1 aliphatic rings. The zero-order valence-corrected chi connectivity index (χ0v) is 10.2. The highest BCUT2D eigenvalue weighted by Gasteiger charge is 2.33. The first-order valence-electron chi connectivity index (χ1n) is 6.13. The van der Waals surface area contributed by atoms with E-state index in [-0.39, 0.29) is 0 Å². The molecule has 1 heterocycles. The van der Waals surface area contributed by atoms with Crippen molar-refractivity contribution in [3.8, 4) is 12.3 Å². The Morgan fingerprint density at radius 1 is 1.47 bits per heavy atom. The zero-order chi connectivity index (χ0) is 11.1. The number of nitrogens with zero attached hydrogens (tertiary/aromatic N) is 1. The number of nitrogens with one attached hydrogen (secondary N) is 1. The molecule has 86 valence electrons. The van der Waals surface area contributed by atoms with Crippen LogP contribution >= 0.6 is 0 Å². The Labute approximate surface area is 94.4 Å². The Kier molecular flexibility index (Phi) is 5.14. The molecule has 2 nitrogen and oxygen atoms in total. The molecular formula is C13H24N2. The lowest BCUT2D eigenvalue weighted by Gasteiger charge is -2.33. The second-order valence-corrected chi connectivity index (χ2v) is 4.70. The molecule has 0 bridgehead atoms. The molecule has 2 heteroatoms. The second kappa shape index (κ2) is 6.15. The van der Waals surface area contributed by atoms with Crippen LogP contribution in [0.3, 0.4) is 0 Å². The van der Waals surface area contributed by atoms with Gasteiger partial charge in [0.15, 0.2) is 0 Å². The minimum absolute atomic E-state index is 0.478. The number of hydrogen-bond acceptors (Lipinski definition) is 2. The van der Waals surface area contributed by atoms with Gasteiger partial charge in [0.2, 0.25) is 0 Å². The Bertz CT molecular complexity index is 211. The molecule has 0 aliphatic carbocycles. The summed E-state index contributed by atoms with van der Waals surface area (Å²) < 4.78 is 0. The van der Waals surface area contributed by atoms with Gasteiger partial charge in [-0.2, -0.15) is 0 Å². The number of hydrogen-bond donors (Lipinski definition) is 1. The van der Waals surface area contributed by atoms with Crippen LogP contribution in [-0.2, 0) is 0 Å². The van der Waals surface area contributed by atoms with Crippen molar-refractivity contribution in [3.05, 3.63) is 0 Å². The van der Waals surface area contributed by atoms with Crippen molar-refractivity contribution >= 4 is 0 Å². The summed E-state index contributed by atoms with van der Waals surface area (Å²) in [5.41, 5.74) is 0.478. The van der Waals surface area contributed by atoms with Gasteiger partial charge in [0, 0.05) is 13.1 Å². The average molecular weight is 208 g/mol. The van der Waals surface area contributed by atoms with Crippen molar-refractivity contribution < 1.29 is 0 Å². The highest BCUT2D eigenvalue weighted by atomic mass is 15.1. The fraction of sp³-hybridized carbons (Fsp3) is 0.846. The van der Waals surface area contributed by atoms with Crippen molar-refractivity contribution in [2.24, 2.45) is 5.41 Å². The summed E-state index contributed by atoms with van der Waals surface area (Å²) in [4.78, 5) is 2.43. The molecule has 0 amide bonds. The summed E-state index contributed by atoms with van der Waals surface area (Å²) in [6.07, 6.45) is 9.16. The van der Waals surface area contributed by atoms with Crippen LogP contribution in [0, 0.1) is 17.8 Å². The summed E-state index contributed by atoms with van der Waals surface area (Å²) in [5, 5.41) is 3.48. The second-order valence-electron chi connectivity index (χ2n) is 4.70. The minimum Gasteiger partial charge on any atom is -0.316 e. The van der Waals surface area contributed by atoms with Crippen LogP contribution in [0.25, 0.3) is 0 Å². The summed E-state index contributed by atoms with van der Waals surface area (Å²) in [5.74, 6) is 2.77. The Balaban J connectivity index is 2.50. The van der Waals surface area contributed by atoms with E-state index in [0.29, 0.717) is 5.41 Å². The Hall–Kier alpha value is -0.520. The molecule has 1 fully saturated rings. The van der Waals surface area contributed by atoms with Crippen LogP contribution in [0.2, 0.25) is 0 Å². The fourth-order valence-corrected chi connectivity index (χ4v) is 2.48. The maximum Gasteiger partial charge on any atom is 0.0599 e. The molecule has 1 unspecified atom stereocenters. The van der Waals surface area contributed by atoms with Gasteiger partial charge in [0.1, 0.15) is 0 Å². The van der Waals surface area contributed by atoms with E-state index in [0.717, 1.165) is 26.2 Å². The molecule has 15 heavy (non-hydrogen) atoms. The molecule has 0 spiro atoms. The van der Waals surface area contributed by atoms with Crippen molar-refractivity contribution in [1.29, 1.82) is 0 Å². The highest BCUT2D eigenvalue weighted by Crippen LogP contribution is 2.30. The molecule has 1 aliphatic heterocycles. The molecule has 1 N–H and O–H groups in total. The van der Waals surface area contributed by atoms with Gasteiger partial charge >= 0.3 is 0 Å². The monoisotopic (exact) mass is 208 g/mol. The maximum atomic E-state index is 5.41. The van der Waals surface area contributed by atoms with Gasteiger partial charge in [-0.3, -0.25) is 4.90 Å². The largest absolute Gasteiger partial charge is 0.316 e. The van der Waals surface area contributed by atoms with Crippen LogP contribution in [0.15, 0.2) is 0 Å². The minimum atomic E-state index is 0.478. The number of rotatable bonds is 6. The van der Waals surface area contributed by atoms with E-state index < -0.39 is 0 Å². The normalized spacial score (nSPS) is 25.7. The third kappa shape index (κ3) is 3.52. The van der Waals surface area contributed by atoms with E-state index in [1.807, 2.05) is 0 Å². The zero-order valence-electron chi connectivity index (χ0n) is 10.2. The average Bonchev–Trinajstić information content (AvgIpc) is 2.68. The lowest BCUT2D eigenvalue weighted by Crippen LogP contribution is -2.39. The van der Waals surface area contributed by atoms with E-state index in [4.69, 9.17) is 6.42 Å². The maximum absolute atomic E-state index is 5.41. The molecular weight excluding hydrogens is 184 g/mol. The van der Waals surface area contributed by atoms with Gasteiger partial charge in [0.25, 0.3) is 0 Å².